The normalized spacial score (nSPS) is 18.0. The molecule has 1 fully saturated rings. The SMILES string of the molecule is Cc1cc(C)c2c(c1)C(=O)CC1(CCN(C(=O)c3cc(Cl)ccc3Cl)CC1)O2. The number of ether oxygens (including phenoxy) is 1. The van der Waals surface area contributed by atoms with E-state index < -0.39 is 5.60 Å². The molecular formula is C22H21Cl2NO3. The summed E-state index contributed by atoms with van der Waals surface area (Å²) in [6, 6.07) is 8.82. The van der Waals surface area contributed by atoms with E-state index in [1.165, 1.54) is 0 Å². The molecule has 0 bridgehead atoms. The summed E-state index contributed by atoms with van der Waals surface area (Å²) in [5, 5.41) is 0.864. The number of ketones is 1. The second-order valence-corrected chi connectivity index (χ2v) is 8.60. The molecule has 2 aliphatic rings. The van der Waals surface area contributed by atoms with E-state index in [2.05, 4.69) is 0 Å². The number of carbonyl (C=O) groups excluding carboxylic acids is 2. The number of carbonyl (C=O) groups is 2. The molecule has 0 aliphatic carbocycles. The predicted octanol–water partition coefficient (Wildman–Crippen LogP) is 5.25. The first kappa shape index (κ1) is 19.3. The monoisotopic (exact) mass is 417 g/mol. The van der Waals surface area contributed by atoms with Crippen molar-refractivity contribution in [2.24, 2.45) is 0 Å². The number of likely N-dealkylation sites (tertiary alicyclic amines) is 1. The molecule has 1 saturated heterocycles. The average Bonchev–Trinajstić information content (AvgIpc) is 2.65. The first-order valence-electron chi connectivity index (χ1n) is 9.36. The van der Waals surface area contributed by atoms with Gasteiger partial charge in [-0.1, -0.05) is 29.3 Å². The van der Waals surface area contributed by atoms with Crippen LogP contribution in [0.5, 0.6) is 5.75 Å². The number of piperidine rings is 1. The summed E-state index contributed by atoms with van der Waals surface area (Å²) in [5.74, 6) is 0.668. The molecule has 0 saturated carbocycles. The van der Waals surface area contributed by atoms with Crippen LogP contribution in [0, 0.1) is 13.8 Å². The molecule has 2 aliphatic heterocycles. The molecule has 146 valence electrons. The lowest BCUT2D eigenvalue weighted by molar-refractivity contribution is -0.00618. The first-order valence-corrected chi connectivity index (χ1v) is 10.1. The maximum absolute atomic E-state index is 12.9. The highest BCUT2D eigenvalue weighted by atomic mass is 35.5. The van der Waals surface area contributed by atoms with Gasteiger partial charge in [0.1, 0.15) is 11.4 Å². The number of aryl methyl sites for hydroxylation is 2. The average molecular weight is 418 g/mol. The summed E-state index contributed by atoms with van der Waals surface area (Å²) in [5.41, 5.74) is 2.57. The second-order valence-electron chi connectivity index (χ2n) is 7.76. The van der Waals surface area contributed by atoms with E-state index in [4.69, 9.17) is 27.9 Å². The molecule has 1 amide bonds. The van der Waals surface area contributed by atoms with Crippen molar-refractivity contribution in [3.8, 4) is 5.75 Å². The van der Waals surface area contributed by atoms with Gasteiger partial charge in [-0.3, -0.25) is 9.59 Å². The van der Waals surface area contributed by atoms with Crippen LogP contribution < -0.4 is 4.74 Å². The zero-order valence-electron chi connectivity index (χ0n) is 15.9. The number of benzene rings is 2. The van der Waals surface area contributed by atoms with Gasteiger partial charge in [-0.25, -0.2) is 0 Å². The van der Waals surface area contributed by atoms with Crippen molar-refractivity contribution in [3.05, 3.63) is 62.6 Å². The van der Waals surface area contributed by atoms with Crippen molar-refractivity contribution in [2.45, 2.75) is 38.7 Å². The van der Waals surface area contributed by atoms with Crippen LogP contribution in [0.1, 0.15) is 51.1 Å². The van der Waals surface area contributed by atoms with E-state index >= 15 is 0 Å². The Morgan fingerprint density at radius 1 is 1.11 bits per heavy atom. The van der Waals surface area contributed by atoms with Gasteiger partial charge in [-0.15, -0.1) is 0 Å². The van der Waals surface area contributed by atoms with Gasteiger partial charge in [-0.2, -0.15) is 0 Å². The molecule has 28 heavy (non-hydrogen) atoms. The molecule has 0 N–H and O–H groups in total. The third-order valence-electron chi connectivity index (χ3n) is 5.64. The van der Waals surface area contributed by atoms with Crippen LogP contribution in [0.3, 0.4) is 0 Å². The number of rotatable bonds is 1. The molecule has 1 spiro atoms. The highest BCUT2D eigenvalue weighted by Crippen LogP contribution is 2.41. The third-order valence-corrected chi connectivity index (χ3v) is 6.21. The Bertz CT molecular complexity index is 978. The van der Waals surface area contributed by atoms with Gasteiger partial charge in [0.05, 0.1) is 22.6 Å². The Balaban J connectivity index is 1.53. The fourth-order valence-corrected chi connectivity index (χ4v) is 4.54. The van der Waals surface area contributed by atoms with Gasteiger partial charge in [0.15, 0.2) is 5.78 Å². The van der Waals surface area contributed by atoms with Crippen LogP contribution in [-0.4, -0.2) is 35.3 Å². The molecule has 2 heterocycles. The molecule has 0 atom stereocenters. The Labute approximate surface area is 174 Å². The van der Waals surface area contributed by atoms with Gasteiger partial charge >= 0.3 is 0 Å². The van der Waals surface area contributed by atoms with Gasteiger partial charge in [0.2, 0.25) is 0 Å². The molecular weight excluding hydrogens is 397 g/mol. The van der Waals surface area contributed by atoms with E-state index in [9.17, 15) is 9.59 Å². The van der Waals surface area contributed by atoms with Crippen LogP contribution in [0.25, 0.3) is 0 Å². The van der Waals surface area contributed by atoms with Gasteiger partial charge in [0, 0.05) is 31.0 Å². The zero-order valence-corrected chi connectivity index (χ0v) is 17.4. The van der Waals surface area contributed by atoms with Crippen LogP contribution in [0.2, 0.25) is 10.0 Å². The van der Waals surface area contributed by atoms with Crippen LogP contribution in [0.4, 0.5) is 0 Å². The maximum atomic E-state index is 12.9. The lowest BCUT2D eigenvalue weighted by atomic mass is 9.81. The molecule has 0 aromatic heterocycles. The summed E-state index contributed by atoms with van der Waals surface area (Å²) in [7, 11) is 0. The van der Waals surface area contributed by atoms with Gasteiger partial charge < -0.3 is 9.64 Å². The Hall–Kier alpha value is -2.04. The zero-order chi connectivity index (χ0) is 20.1. The minimum absolute atomic E-state index is 0.116. The standard InChI is InChI=1S/C22H21Cl2NO3/c1-13-9-14(2)20-17(10-13)19(26)12-22(28-20)5-7-25(8-6-22)21(27)16-11-15(23)3-4-18(16)24/h3-4,9-11H,5-8,12H2,1-2H3. The van der Waals surface area contributed by atoms with Gasteiger partial charge in [0.25, 0.3) is 5.91 Å². The number of halogens is 2. The third kappa shape index (κ3) is 3.40. The minimum Gasteiger partial charge on any atom is -0.486 e. The maximum Gasteiger partial charge on any atom is 0.255 e. The number of hydrogen-bond donors (Lipinski definition) is 0. The molecule has 0 radical (unpaired) electrons. The number of amides is 1. The fraction of sp³-hybridized carbons (Fsp3) is 0.364. The molecule has 2 aromatic carbocycles. The largest absolute Gasteiger partial charge is 0.486 e. The summed E-state index contributed by atoms with van der Waals surface area (Å²) < 4.78 is 6.39. The fourth-order valence-electron chi connectivity index (χ4n) is 4.17. The van der Waals surface area contributed by atoms with E-state index in [1.807, 2.05) is 26.0 Å². The Kier molecular flexibility index (Phi) is 4.88. The second kappa shape index (κ2) is 7.09. The lowest BCUT2D eigenvalue weighted by Crippen LogP contribution is -2.52. The van der Waals surface area contributed by atoms with Crippen LogP contribution in [0.15, 0.2) is 30.3 Å². The smallest absolute Gasteiger partial charge is 0.255 e. The predicted molar refractivity (Wildman–Crippen MR) is 110 cm³/mol. The van der Waals surface area contributed by atoms with Crippen molar-refractivity contribution >= 4 is 34.9 Å². The number of nitrogens with zero attached hydrogens (tertiary/aromatic N) is 1. The highest BCUT2D eigenvalue weighted by Gasteiger charge is 2.44. The number of hydrogen-bond acceptors (Lipinski definition) is 3. The quantitative estimate of drug-likeness (QED) is 0.636. The van der Waals surface area contributed by atoms with Crippen molar-refractivity contribution in [3.63, 3.8) is 0 Å². The molecule has 0 unspecified atom stereocenters. The summed E-state index contributed by atoms with van der Waals surface area (Å²) in [4.78, 5) is 27.4. The van der Waals surface area contributed by atoms with Crippen molar-refractivity contribution < 1.29 is 14.3 Å². The van der Waals surface area contributed by atoms with E-state index in [0.717, 1.165) is 11.1 Å². The van der Waals surface area contributed by atoms with E-state index in [-0.39, 0.29) is 11.7 Å². The van der Waals surface area contributed by atoms with E-state index in [0.29, 0.717) is 59.3 Å². The highest BCUT2D eigenvalue weighted by molar-refractivity contribution is 6.35. The topological polar surface area (TPSA) is 46.6 Å². The number of fused-ring (bicyclic) bond motifs is 1. The number of Topliss-reactive ketones (excluding diaryl/α,β-unsaturated/α-hetero) is 1. The minimum atomic E-state index is -0.543. The Morgan fingerprint density at radius 3 is 2.54 bits per heavy atom. The summed E-state index contributed by atoms with van der Waals surface area (Å²) in [6.07, 6.45) is 1.56. The molecule has 4 nitrogen and oxygen atoms in total. The Morgan fingerprint density at radius 2 is 1.82 bits per heavy atom. The van der Waals surface area contributed by atoms with Crippen molar-refractivity contribution in [1.29, 1.82) is 0 Å². The summed E-state index contributed by atoms with van der Waals surface area (Å²) in [6.45, 7) is 4.97. The first-order chi connectivity index (χ1) is 13.3. The van der Waals surface area contributed by atoms with Crippen LogP contribution in [-0.2, 0) is 0 Å². The molecule has 6 heteroatoms. The lowest BCUT2D eigenvalue weighted by Gasteiger charge is -2.44. The molecule has 2 aromatic rings. The molecule has 4 rings (SSSR count). The van der Waals surface area contributed by atoms with E-state index in [1.54, 1.807) is 23.1 Å². The van der Waals surface area contributed by atoms with Crippen LogP contribution >= 0.6 is 23.2 Å². The summed E-state index contributed by atoms with van der Waals surface area (Å²) >= 11 is 12.2. The van der Waals surface area contributed by atoms with Crippen molar-refractivity contribution in [2.75, 3.05) is 13.1 Å². The van der Waals surface area contributed by atoms with Gasteiger partial charge in [-0.05, 0) is 49.2 Å². The van der Waals surface area contributed by atoms with Crippen molar-refractivity contribution in [1.82, 2.24) is 4.90 Å².